The Balaban J connectivity index is 2.51. The monoisotopic (exact) mass is 257 g/mol. The summed E-state index contributed by atoms with van der Waals surface area (Å²) in [7, 11) is 1.34. The Morgan fingerprint density at radius 1 is 1.39 bits per heavy atom. The molecule has 0 saturated heterocycles. The second-order valence-corrected chi connectivity index (χ2v) is 4.73. The molecule has 104 valence electrons. The number of hydrogen-bond donors (Lipinski definition) is 1. The predicted molar refractivity (Wildman–Crippen MR) is 66.9 cm³/mol. The van der Waals surface area contributed by atoms with Crippen molar-refractivity contribution >= 4 is 11.9 Å². The summed E-state index contributed by atoms with van der Waals surface area (Å²) in [6.07, 6.45) is 1.57. The highest BCUT2D eigenvalue weighted by Gasteiger charge is 2.45. The lowest BCUT2D eigenvalue weighted by Crippen LogP contribution is -2.46. The summed E-state index contributed by atoms with van der Waals surface area (Å²) < 4.78 is 10.1. The molecule has 1 fully saturated rings. The van der Waals surface area contributed by atoms with Gasteiger partial charge in [0.05, 0.1) is 19.1 Å². The lowest BCUT2D eigenvalue weighted by molar-refractivity contribution is -0.146. The Hall–Kier alpha value is -1.10. The SMILES string of the molecule is CCOC1CC1C(=O)NC(C(=O)OC)C(C)CC. The first-order valence-electron chi connectivity index (χ1n) is 6.54. The summed E-state index contributed by atoms with van der Waals surface area (Å²) in [6, 6.07) is -0.560. The van der Waals surface area contributed by atoms with E-state index in [1.807, 2.05) is 20.8 Å². The molecule has 1 saturated carbocycles. The fraction of sp³-hybridized carbons (Fsp3) is 0.846. The highest BCUT2D eigenvalue weighted by Crippen LogP contribution is 2.34. The van der Waals surface area contributed by atoms with Crippen LogP contribution in [0.25, 0.3) is 0 Å². The van der Waals surface area contributed by atoms with Crippen LogP contribution in [0, 0.1) is 11.8 Å². The first-order chi connectivity index (χ1) is 8.54. The van der Waals surface area contributed by atoms with Crippen LogP contribution < -0.4 is 5.32 Å². The summed E-state index contributed by atoms with van der Waals surface area (Å²) in [5, 5.41) is 2.78. The van der Waals surface area contributed by atoms with Crippen molar-refractivity contribution in [3.63, 3.8) is 0 Å². The van der Waals surface area contributed by atoms with Crippen LogP contribution in [0.4, 0.5) is 0 Å². The molecule has 5 heteroatoms. The maximum atomic E-state index is 11.9. The summed E-state index contributed by atoms with van der Waals surface area (Å²) in [4.78, 5) is 23.6. The zero-order chi connectivity index (χ0) is 13.7. The molecule has 1 aliphatic rings. The minimum atomic E-state index is -0.560. The van der Waals surface area contributed by atoms with Crippen LogP contribution in [-0.2, 0) is 19.1 Å². The number of carbonyl (C=O) groups is 2. The van der Waals surface area contributed by atoms with E-state index in [4.69, 9.17) is 9.47 Å². The van der Waals surface area contributed by atoms with Crippen LogP contribution in [0.3, 0.4) is 0 Å². The molecule has 0 aliphatic heterocycles. The topological polar surface area (TPSA) is 64.6 Å². The van der Waals surface area contributed by atoms with Crippen LogP contribution in [0.2, 0.25) is 0 Å². The molecule has 4 unspecified atom stereocenters. The molecule has 0 aromatic rings. The quantitative estimate of drug-likeness (QED) is 0.694. The van der Waals surface area contributed by atoms with E-state index in [2.05, 4.69) is 5.32 Å². The van der Waals surface area contributed by atoms with Gasteiger partial charge in [0.15, 0.2) is 0 Å². The van der Waals surface area contributed by atoms with Gasteiger partial charge in [-0.25, -0.2) is 4.79 Å². The lowest BCUT2D eigenvalue weighted by Gasteiger charge is -2.21. The molecule has 1 rings (SSSR count). The van der Waals surface area contributed by atoms with E-state index in [1.165, 1.54) is 7.11 Å². The second kappa shape index (κ2) is 6.73. The minimum absolute atomic E-state index is 0.0187. The maximum absolute atomic E-state index is 11.9. The number of nitrogens with one attached hydrogen (secondary N) is 1. The van der Waals surface area contributed by atoms with Gasteiger partial charge in [-0.15, -0.1) is 0 Å². The third-order valence-corrected chi connectivity index (χ3v) is 3.42. The number of amides is 1. The number of rotatable bonds is 7. The number of hydrogen-bond acceptors (Lipinski definition) is 4. The highest BCUT2D eigenvalue weighted by atomic mass is 16.5. The molecule has 18 heavy (non-hydrogen) atoms. The second-order valence-electron chi connectivity index (χ2n) is 4.73. The van der Waals surface area contributed by atoms with Crippen LogP contribution in [0.15, 0.2) is 0 Å². The first kappa shape index (κ1) is 15.0. The van der Waals surface area contributed by atoms with E-state index >= 15 is 0 Å². The zero-order valence-corrected chi connectivity index (χ0v) is 11.6. The summed E-state index contributed by atoms with van der Waals surface area (Å²) in [5.74, 6) is -0.540. The van der Waals surface area contributed by atoms with Gasteiger partial charge in [-0.3, -0.25) is 4.79 Å². The Labute approximate surface area is 108 Å². The molecule has 0 aromatic heterocycles. The number of methoxy groups -OCH3 is 1. The van der Waals surface area contributed by atoms with Crippen molar-refractivity contribution in [2.24, 2.45) is 11.8 Å². The van der Waals surface area contributed by atoms with Crippen LogP contribution in [0.1, 0.15) is 33.6 Å². The number of ether oxygens (including phenoxy) is 2. The predicted octanol–water partition coefficient (Wildman–Crippen LogP) is 1.12. The van der Waals surface area contributed by atoms with Gasteiger partial charge in [0.1, 0.15) is 6.04 Å². The van der Waals surface area contributed by atoms with Crippen molar-refractivity contribution in [3.05, 3.63) is 0 Å². The normalized spacial score (nSPS) is 25.1. The average molecular weight is 257 g/mol. The van der Waals surface area contributed by atoms with Gasteiger partial charge < -0.3 is 14.8 Å². The van der Waals surface area contributed by atoms with Crippen molar-refractivity contribution in [2.45, 2.75) is 45.8 Å². The average Bonchev–Trinajstić information content (AvgIpc) is 3.13. The molecule has 4 atom stereocenters. The standard InChI is InChI=1S/C13H23NO4/c1-5-8(3)11(13(16)17-4)14-12(15)9-7-10(9)18-6-2/h8-11H,5-7H2,1-4H3,(H,14,15). The molecule has 1 aliphatic carbocycles. The van der Waals surface area contributed by atoms with E-state index in [-0.39, 0.29) is 29.8 Å². The van der Waals surface area contributed by atoms with E-state index < -0.39 is 6.04 Å². The number of carbonyl (C=O) groups excluding carboxylic acids is 2. The van der Waals surface area contributed by atoms with Gasteiger partial charge >= 0.3 is 5.97 Å². The molecule has 1 N–H and O–H groups in total. The summed E-state index contributed by atoms with van der Waals surface area (Å²) >= 11 is 0. The molecular formula is C13H23NO4. The highest BCUT2D eigenvalue weighted by molar-refractivity contribution is 5.87. The van der Waals surface area contributed by atoms with Crippen molar-refractivity contribution in [3.8, 4) is 0 Å². The molecule has 0 aromatic carbocycles. The summed E-state index contributed by atoms with van der Waals surface area (Å²) in [6.45, 7) is 6.42. The van der Waals surface area contributed by atoms with Crippen LogP contribution in [0.5, 0.6) is 0 Å². The van der Waals surface area contributed by atoms with E-state index in [9.17, 15) is 9.59 Å². The van der Waals surface area contributed by atoms with E-state index in [0.29, 0.717) is 6.61 Å². The maximum Gasteiger partial charge on any atom is 0.328 e. The minimum Gasteiger partial charge on any atom is -0.467 e. The smallest absolute Gasteiger partial charge is 0.328 e. The van der Waals surface area contributed by atoms with Gasteiger partial charge in [0.25, 0.3) is 0 Å². The van der Waals surface area contributed by atoms with Crippen LogP contribution in [-0.4, -0.2) is 37.7 Å². The Morgan fingerprint density at radius 3 is 2.56 bits per heavy atom. The Bertz CT molecular complexity index is 305. The van der Waals surface area contributed by atoms with Gasteiger partial charge in [-0.2, -0.15) is 0 Å². The molecule has 0 heterocycles. The van der Waals surface area contributed by atoms with Gasteiger partial charge in [-0.05, 0) is 19.3 Å². The first-order valence-corrected chi connectivity index (χ1v) is 6.54. The molecule has 0 radical (unpaired) electrons. The van der Waals surface area contributed by atoms with Crippen LogP contribution >= 0.6 is 0 Å². The van der Waals surface area contributed by atoms with Crippen molar-refractivity contribution < 1.29 is 19.1 Å². The van der Waals surface area contributed by atoms with Gasteiger partial charge in [-0.1, -0.05) is 20.3 Å². The fourth-order valence-electron chi connectivity index (χ4n) is 1.90. The Kier molecular flexibility index (Phi) is 5.59. The fourth-order valence-corrected chi connectivity index (χ4v) is 1.90. The van der Waals surface area contributed by atoms with Crippen molar-refractivity contribution in [1.82, 2.24) is 5.32 Å². The number of esters is 1. The third kappa shape index (κ3) is 3.70. The molecule has 0 spiro atoms. The van der Waals surface area contributed by atoms with Gasteiger partial charge in [0, 0.05) is 6.61 Å². The summed E-state index contributed by atoms with van der Waals surface area (Å²) in [5.41, 5.74) is 0. The van der Waals surface area contributed by atoms with Gasteiger partial charge in [0.2, 0.25) is 5.91 Å². The third-order valence-electron chi connectivity index (χ3n) is 3.42. The van der Waals surface area contributed by atoms with Crippen molar-refractivity contribution in [1.29, 1.82) is 0 Å². The molecule has 5 nitrogen and oxygen atoms in total. The van der Waals surface area contributed by atoms with Crippen molar-refractivity contribution in [2.75, 3.05) is 13.7 Å². The largest absolute Gasteiger partial charge is 0.467 e. The van der Waals surface area contributed by atoms with E-state index in [0.717, 1.165) is 12.8 Å². The van der Waals surface area contributed by atoms with E-state index in [1.54, 1.807) is 0 Å². The molecule has 1 amide bonds. The molecule has 0 bridgehead atoms. The molecular weight excluding hydrogens is 234 g/mol. The lowest BCUT2D eigenvalue weighted by atomic mass is 9.99. The Morgan fingerprint density at radius 2 is 2.06 bits per heavy atom. The zero-order valence-electron chi connectivity index (χ0n) is 11.6.